The van der Waals surface area contributed by atoms with Gasteiger partial charge in [0, 0.05) is 36.2 Å². The highest BCUT2D eigenvalue weighted by atomic mass is 16.5. The highest BCUT2D eigenvalue weighted by Crippen LogP contribution is 2.29. The molecule has 3 rings (SSSR count). The predicted octanol–water partition coefficient (Wildman–Crippen LogP) is 2.06. The number of aromatic amines is 1. The smallest absolute Gasteiger partial charge is 0.327 e. The molecule has 2 aromatic heterocycles. The number of carbonyl (C=O) groups excluding carboxylic acids is 1. The van der Waals surface area contributed by atoms with Gasteiger partial charge in [-0.15, -0.1) is 5.10 Å². The van der Waals surface area contributed by atoms with Crippen molar-refractivity contribution in [3.63, 3.8) is 0 Å². The second-order valence-corrected chi connectivity index (χ2v) is 8.54. The minimum absolute atomic E-state index is 0.000869. The summed E-state index contributed by atoms with van der Waals surface area (Å²) in [6.45, 7) is 9.23. The third-order valence-electron chi connectivity index (χ3n) is 5.61. The fourth-order valence-corrected chi connectivity index (χ4v) is 4.16. The van der Waals surface area contributed by atoms with Crippen molar-refractivity contribution in [1.82, 2.24) is 30.1 Å². The number of hydrogen-bond donors (Lipinski definition) is 2. The normalized spacial score (nSPS) is 12.4. The Labute approximate surface area is 204 Å². The predicted molar refractivity (Wildman–Crippen MR) is 130 cm³/mol. The summed E-state index contributed by atoms with van der Waals surface area (Å²) in [7, 11) is 0. The van der Waals surface area contributed by atoms with E-state index in [1.807, 2.05) is 45.0 Å². The Morgan fingerprint density at radius 2 is 2.03 bits per heavy atom. The highest BCUT2D eigenvalue weighted by Gasteiger charge is 2.30. The van der Waals surface area contributed by atoms with Crippen LogP contribution in [0.1, 0.15) is 51.5 Å². The van der Waals surface area contributed by atoms with Crippen molar-refractivity contribution in [2.75, 3.05) is 26.4 Å². The van der Waals surface area contributed by atoms with Crippen molar-refractivity contribution >= 4 is 16.9 Å². The van der Waals surface area contributed by atoms with Gasteiger partial charge in [-0.3, -0.25) is 14.5 Å². The fraction of sp³-hybridized carbons (Fsp3) is 0.542. The lowest BCUT2D eigenvalue weighted by Crippen LogP contribution is -2.37. The van der Waals surface area contributed by atoms with Gasteiger partial charge in [0.15, 0.2) is 5.82 Å². The number of aliphatic hydroxyl groups excluding tert-OH is 1. The first-order chi connectivity index (χ1) is 16.9. The Morgan fingerprint density at radius 3 is 2.71 bits per heavy atom. The number of nitrogens with one attached hydrogen (secondary N) is 1. The molecule has 0 fully saturated rings. The molecule has 0 bridgehead atoms. The van der Waals surface area contributed by atoms with Gasteiger partial charge in [0.2, 0.25) is 0 Å². The SMILES string of the molecule is CCOC(=O)Cn1nnnc1[C@H](C(C)C)N(CCCO)Cc1cc2cc(OCC)ccc2[nH]c1=O. The van der Waals surface area contributed by atoms with Crippen molar-refractivity contribution in [1.29, 1.82) is 0 Å². The molecule has 0 aliphatic carbocycles. The number of hydrogen-bond acceptors (Lipinski definition) is 9. The van der Waals surface area contributed by atoms with Gasteiger partial charge >= 0.3 is 5.97 Å². The van der Waals surface area contributed by atoms with Crippen LogP contribution in [0.2, 0.25) is 0 Å². The molecule has 0 saturated carbocycles. The molecule has 0 spiro atoms. The zero-order valence-electron chi connectivity index (χ0n) is 20.7. The Balaban J connectivity index is 1.97. The Hall–Kier alpha value is -3.31. The van der Waals surface area contributed by atoms with E-state index in [2.05, 4.69) is 25.4 Å². The summed E-state index contributed by atoms with van der Waals surface area (Å²) in [6.07, 6.45) is 0.503. The Bertz CT molecular complexity index is 1170. The minimum Gasteiger partial charge on any atom is -0.494 e. The Morgan fingerprint density at radius 1 is 1.23 bits per heavy atom. The van der Waals surface area contributed by atoms with Gasteiger partial charge in [-0.05, 0) is 60.9 Å². The van der Waals surface area contributed by atoms with Gasteiger partial charge in [0.1, 0.15) is 12.3 Å². The van der Waals surface area contributed by atoms with E-state index in [4.69, 9.17) is 9.47 Å². The maximum atomic E-state index is 12.9. The molecule has 0 radical (unpaired) electrons. The molecule has 2 N–H and O–H groups in total. The van der Waals surface area contributed by atoms with Crippen LogP contribution >= 0.6 is 0 Å². The summed E-state index contributed by atoms with van der Waals surface area (Å²) >= 11 is 0. The van der Waals surface area contributed by atoms with Crippen molar-refractivity contribution in [3.05, 3.63) is 46.0 Å². The van der Waals surface area contributed by atoms with E-state index in [1.165, 1.54) is 4.68 Å². The number of aliphatic hydroxyl groups is 1. The van der Waals surface area contributed by atoms with Crippen LogP contribution in [-0.4, -0.2) is 67.5 Å². The second kappa shape index (κ2) is 12.4. The largest absolute Gasteiger partial charge is 0.494 e. The lowest BCUT2D eigenvalue weighted by Gasteiger charge is -2.33. The van der Waals surface area contributed by atoms with Crippen LogP contribution in [0.25, 0.3) is 10.9 Å². The van der Waals surface area contributed by atoms with Gasteiger partial charge in [-0.25, -0.2) is 4.68 Å². The first kappa shape index (κ1) is 26.3. The van der Waals surface area contributed by atoms with Crippen LogP contribution in [0.3, 0.4) is 0 Å². The number of ether oxygens (including phenoxy) is 2. The molecule has 11 nitrogen and oxygen atoms in total. The van der Waals surface area contributed by atoms with Gasteiger partial charge in [0.05, 0.1) is 19.3 Å². The van der Waals surface area contributed by atoms with Crippen molar-refractivity contribution < 1.29 is 19.4 Å². The second-order valence-electron chi connectivity index (χ2n) is 8.54. The van der Waals surface area contributed by atoms with Crippen molar-refractivity contribution in [3.8, 4) is 5.75 Å². The number of esters is 1. The van der Waals surface area contributed by atoms with E-state index in [0.717, 1.165) is 16.7 Å². The van der Waals surface area contributed by atoms with E-state index in [0.29, 0.717) is 37.5 Å². The van der Waals surface area contributed by atoms with Crippen LogP contribution in [0, 0.1) is 5.92 Å². The summed E-state index contributed by atoms with van der Waals surface area (Å²) in [5.74, 6) is 0.849. The van der Waals surface area contributed by atoms with Crippen LogP contribution in [-0.2, 0) is 22.6 Å². The zero-order chi connectivity index (χ0) is 25.4. The first-order valence-electron chi connectivity index (χ1n) is 11.9. The lowest BCUT2D eigenvalue weighted by molar-refractivity contribution is -0.144. The number of pyridine rings is 1. The number of benzene rings is 1. The maximum absolute atomic E-state index is 12.9. The standard InChI is InChI=1S/C24H34N6O5/c1-5-34-19-8-9-20-17(13-19)12-18(24(33)25-20)14-29(10-7-11-31)22(16(3)4)23-26-27-28-30(23)15-21(32)35-6-2/h8-9,12-13,16,22,31H,5-7,10-11,14-15H2,1-4H3,(H,25,33)/t22-/m0/s1. The number of aromatic nitrogens is 5. The molecule has 3 aromatic rings. The molecule has 35 heavy (non-hydrogen) atoms. The van der Waals surface area contributed by atoms with Crippen LogP contribution in [0.4, 0.5) is 0 Å². The van der Waals surface area contributed by atoms with Crippen LogP contribution < -0.4 is 10.3 Å². The summed E-state index contributed by atoms with van der Waals surface area (Å²) in [5, 5.41) is 22.4. The lowest BCUT2D eigenvalue weighted by atomic mass is 10.00. The van der Waals surface area contributed by atoms with Gasteiger partial charge in [-0.1, -0.05) is 13.8 Å². The van der Waals surface area contributed by atoms with E-state index in [9.17, 15) is 14.7 Å². The Kier molecular flexibility index (Phi) is 9.32. The minimum atomic E-state index is -0.429. The molecule has 0 unspecified atom stereocenters. The highest BCUT2D eigenvalue weighted by molar-refractivity contribution is 5.80. The quantitative estimate of drug-likeness (QED) is 0.348. The van der Waals surface area contributed by atoms with E-state index in [-0.39, 0.29) is 37.3 Å². The average molecular weight is 487 g/mol. The molecule has 2 heterocycles. The number of nitrogens with zero attached hydrogens (tertiary/aromatic N) is 5. The molecule has 0 saturated heterocycles. The zero-order valence-corrected chi connectivity index (χ0v) is 20.7. The number of fused-ring (bicyclic) bond motifs is 1. The molecule has 1 atom stereocenters. The van der Waals surface area contributed by atoms with Crippen molar-refractivity contribution in [2.45, 2.75) is 53.2 Å². The van der Waals surface area contributed by atoms with Gasteiger partial charge < -0.3 is 19.6 Å². The summed E-state index contributed by atoms with van der Waals surface area (Å²) < 4.78 is 12.1. The van der Waals surface area contributed by atoms with E-state index >= 15 is 0 Å². The van der Waals surface area contributed by atoms with E-state index in [1.54, 1.807) is 6.92 Å². The van der Waals surface area contributed by atoms with Crippen LogP contribution in [0.15, 0.2) is 29.1 Å². The average Bonchev–Trinajstić information content (AvgIpc) is 3.25. The molecule has 1 aromatic carbocycles. The van der Waals surface area contributed by atoms with Gasteiger partial charge in [-0.2, -0.15) is 0 Å². The van der Waals surface area contributed by atoms with E-state index < -0.39 is 5.97 Å². The van der Waals surface area contributed by atoms with Crippen molar-refractivity contribution in [2.24, 2.45) is 5.92 Å². The number of tetrazole rings is 1. The molecule has 190 valence electrons. The molecular weight excluding hydrogens is 452 g/mol. The van der Waals surface area contributed by atoms with Crippen LogP contribution in [0.5, 0.6) is 5.75 Å². The summed E-state index contributed by atoms with van der Waals surface area (Å²) in [4.78, 5) is 30.1. The number of carbonyl (C=O) groups is 1. The number of H-pyrrole nitrogens is 1. The topological polar surface area (TPSA) is 135 Å². The molecule has 0 aliphatic rings. The fourth-order valence-electron chi connectivity index (χ4n) is 4.16. The molecular formula is C24H34N6O5. The molecule has 11 heteroatoms. The maximum Gasteiger partial charge on any atom is 0.327 e. The third-order valence-corrected chi connectivity index (χ3v) is 5.61. The molecule has 0 aliphatic heterocycles. The third kappa shape index (κ3) is 6.64. The summed E-state index contributed by atoms with van der Waals surface area (Å²) in [6, 6.07) is 7.11. The number of rotatable bonds is 13. The molecule has 0 amide bonds. The summed E-state index contributed by atoms with van der Waals surface area (Å²) in [5.41, 5.74) is 1.10. The van der Waals surface area contributed by atoms with Gasteiger partial charge in [0.25, 0.3) is 5.56 Å². The first-order valence-corrected chi connectivity index (χ1v) is 11.9. The monoisotopic (exact) mass is 486 g/mol.